The average Bonchev–Trinajstić information content (AvgIpc) is 2.66. The molecule has 0 aromatic heterocycles. The standard InChI is InChI=1S/C15H27N5O6S3/c1-29-3-2-7(16)12(22)18-8(4-11(17)21)13(23)19-9(5-27)14(24)20-10(6-28)15(25)26/h7-10,27-28H,2-6,16H2,1H3,(H2,17,21)(H,18,22)(H,19,23)(H,20,24)(H,25,26). The van der Waals surface area contributed by atoms with E-state index < -0.39 is 60.2 Å². The Balaban J connectivity index is 5.13. The highest BCUT2D eigenvalue weighted by Crippen LogP contribution is 2.02. The smallest absolute Gasteiger partial charge is 0.327 e. The van der Waals surface area contributed by atoms with Crippen LogP contribution in [0, 0.1) is 0 Å². The Kier molecular flexibility index (Phi) is 13.5. The highest BCUT2D eigenvalue weighted by molar-refractivity contribution is 7.98. The van der Waals surface area contributed by atoms with Crippen molar-refractivity contribution >= 4 is 66.6 Å². The van der Waals surface area contributed by atoms with Crippen molar-refractivity contribution in [3.8, 4) is 0 Å². The van der Waals surface area contributed by atoms with Gasteiger partial charge in [0.05, 0.1) is 12.5 Å². The number of hydrogen-bond acceptors (Lipinski definition) is 9. The zero-order valence-electron chi connectivity index (χ0n) is 15.8. The highest BCUT2D eigenvalue weighted by atomic mass is 32.2. The molecule has 4 unspecified atom stereocenters. The molecule has 4 amide bonds. The number of thiol groups is 2. The van der Waals surface area contributed by atoms with Gasteiger partial charge in [0, 0.05) is 11.5 Å². The number of nitrogens with one attached hydrogen (secondary N) is 3. The second-order valence-corrected chi connectivity index (χ2v) is 7.66. The largest absolute Gasteiger partial charge is 0.480 e. The Morgan fingerprint density at radius 3 is 1.86 bits per heavy atom. The van der Waals surface area contributed by atoms with E-state index in [9.17, 15) is 24.0 Å². The van der Waals surface area contributed by atoms with Gasteiger partial charge in [0.1, 0.15) is 18.1 Å². The molecule has 0 radical (unpaired) electrons. The number of nitrogens with two attached hydrogens (primary N) is 2. The van der Waals surface area contributed by atoms with Crippen molar-refractivity contribution in [2.75, 3.05) is 23.5 Å². The quantitative estimate of drug-likeness (QED) is 0.126. The van der Waals surface area contributed by atoms with E-state index in [-0.39, 0.29) is 11.5 Å². The van der Waals surface area contributed by atoms with Crippen LogP contribution in [0.2, 0.25) is 0 Å². The number of aliphatic carboxylic acids is 1. The van der Waals surface area contributed by atoms with Gasteiger partial charge in [0.25, 0.3) is 0 Å². The van der Waals surface area contributed by atoms with Crippen LogP contribution in [0.1, 0.15) is 12.8 Å². The Morgan fingerprint density at radius 1 is 0.931 bits per heavy atom. The van der Waals surface area contributed by atoms with Gasteiger partial charge in [0.15, 0.2) is 0 Å². The first-order chi connectivity index (χ1) is 13.6. The van der Waals surface area contributed by atoms with E-state index in [2.05, 4.69) is 41.2 Å². The van der Waals surface area contributed by atoms with Gasteiger partial charge in [0.2, 0.25) is 23.6 Å². The number of hydrogen-bond donors (Lipinski definition) is 8. The van der Waals surface area contributed by atoms with E-state index in [0.717, 1.165) is 0 Å². The first kappa shape index (κ1) is 27.4. The molecule has 11 nitrogen and oxygen atoms in total. The Labute approximate surface area is 183 Å². The Morgan fingerprint density at radius 2 is 1.41 bits per heavy atom. The van der Waals surface area contributed by atoms with Gasteiger partial charge in [-0.2, -0.15) is 37.0 Å². The van der Waals surface area contributed by atoms with Gasteiger partial charge in [-0.1, -0.05) is 0 Å². The fraction of sp³-hybridized carbons (Fsp3) is 0.667. The third-order valence-electron chi connectivity index (χ3n) is 3.62. The van der Waals surface area contributed by atoms with Crippen molar-refractivity contribution < 1.29 is 29.1 Å². The second kappa shape index (κ2) is 14.4. The molecule has 166 valence electrons. The summed E-state index contributed by atoms with van der Waals surface area (Å²) in [5, 5.41) is 15.8. The molecule has 8 N–H and O–H groups in total. The molecule has 0 fully saturated rings. The summed E-state index contributed by atoms with van der Waals surface area (Å²) >= 11 is 9.30. The van der Waals surface area contributed by atoms with Crippen molar-refractivity contribution in [3.05, 3.63) is 0 Å². The first-order valence-electron chi connectivity index (χ1n) is 8.45. The molecule has 0 heterocycles. The number of carboxylic acids is 1. The number of carbonyl (C=O) groups is 5. The van der Waals surface area contributed by atoms with Crippen LogP contribution in [0.25, 0.3) is 0 Å². The van der Waals surface area contributed by atoms with Crippen molar-refractivity contribution in [2.45, 2.75) is 37.0 Å². The molecule has 0 aromatic rings. The number of thioether (sulfide) groups is 1. The van der Waals surface area contributed by atoms with E-state index in [1.807, 2.05) is 6.26 Å². The first-order valence-corrected chi connectivity index (χ1v) is 11.1. The summed E-state index contributed by atoms with van der Waals surface area (Å²) in [4.78, 5) is 59.1. The summed E-state index contributed by atoms with van der Waals surface area (Å²) in [6.45, 7) is 0. The molecule has 14 heteroatoms. The Hall–Kier alpha value is -1.64. The molecule has 0 saturated carbocycles. The minimum Gasteiger partial charge on any atom is -0.480 e. The molecule has 29 heavy (non-hydrogen) atoms. The number of carbonyl (C=O) groups excluding carboxylic acids is 4. The zero-order valence-corrected chi connectivity index (χ0v) is 18.4. The molecular formula is C15H27N5O6S3. The van der Waals surface area contributed by atoms with Crippen LogP contribution in [-0.2, 0) is 24.0 Å². The summed E-state index contributed by atoms with van der Waals surface area (Å²) in [6.07, 6.45) is 1.70. The van der Waals surface area contributed by atoms with Gasteiger partial charge in [-0.25, -0.2) is 4.79 Å². The molecule has 0 aliphatic carbocycles. The van der Waals surface area contributed by atoms with E-state index in [1.165, 1.54) is 11.8 Å². The molecule has 0 bridgehead atoms. The predicted octanol–water partition coefficient (Wildman–Crippen LogP) is -2.66. The predicted molar refractivity (Wildman–Crippen MR) is 116 cm³/mol. The summed E-state index contributed by atoms with van der Waals surface area (Å²) in [6, 6.07) is -4.72. The number of primary amides is 1. The number of rotatable bonds is 14. The van der Waals surface area contributed by atoms with Gasteiger partial charge in [-0.05, 0) is 18.4 Å². The summed E-state index contributed by atoms with van der Waals surface area (Å²) in [5.41, 5.74) is 10.9. The van der Waals surface area contributed by atoms with Gasteiger partial charge >= 0.3 is 5.97 Å². The third kappa shape index (κ3) is 10.6. The van der Waals surface area contributed by atoms with Crippen molar-refractivity contribution in [1.29, 1.82) is 0 Å². The highest BCUT2D eigenvalue weighted by Gasteiger charge is 2.30. The zero-order chi connectivity index (χ0) is 22.6. The molecule has 4 atom stereocenters. The molecule has 0 aliphatic heterocycles. The summed E-state index contributed by atoms with van der Waals surface area (Å²) in [5.74, 6) is -4.17. The summed E-state index contributed by atoms with van der Waals surface area (Å²) < 4.78 is 0. The fourth-order valence-corrected chi connectivity index (χ4v) is 2.98. The lowest BCUT2D eigenvalue weighted by molar-refractivity contribution is -0.141. The van der Waals surface area contributed by atoms with E-state index in [0.29, 0.717) is 12.2 Å². The van der Waals surface area contributed by atoms with Crippen LogP contribution in [0.4, 0.5) is 0 Å². The van der Waals surface area contributed by atoms with Gasteiger partial charge < -0.3 is 32.5 Å². The van der Waals surface area contributed by atoms with Crippen molar-refractivity contribution in [3.63, 3.8) is 0 Å². The third-order valence-corrected chi connectivity index (χ3v) is 4.99. The molecule has 0 rings (SSSR count). The lowest BCUT2D eigenvalue weighted by Crippen LogP contribution is -2.58. The van der Waals surface area contributed by atoms with E-state index in [4.69, 9.17) is 16.6 Å². The minimum atomic E-state index is -1.35. The van der Waals surface area contributed by atoms with Crippen LogP contribution >= 0.6 is 37.0 Å². The van der Waals surface area contributed by atoms with E-state index in [1.54, 1.807) is 0 Å². The van der Waals surface area contributed by atoms with Crippen molar-refractivity contribution in [1.82, 2.24) is 16.0 Å². The maximum absolute atomic E-state index is 12.5. The number of amides is 4. The minimum absolute atomic E-state index is 0.164. The Bertz CT molecular complexity index is 609. The second-order valence-electron chi connectivity index (χ2n) is 5.95. The van der Waals surface area contributed by atoms with Crippen LogP contribution < -0.4 is 27.4 Å². The molecule has 0 aliphatic rings. The topological polar surface area (TPSA) is 194 Å². The van der Waals surface area contributed by atoms with E-state index >= 15 is 0 Å². The van der Waals surface area contributed by atoms with Crippen molar-refractivity contribution in [2.24, 2.45) is 11.5 Å². The maximum Gasteiger partial charge on any atom is 0.327 e. The average molecular weight is 470 g/mol. The molecule has 0 spiro atoms. The maximum atomic E-state index is 12.5. The normalized spacial score (nSPS) is 14.8. The molecular weight excluding hydrogens is 442 g/mol. The molecule has 0 saturated heterocycles. The lowest BCUT2D eigenvalue weighted by atomic mass is 10.1. The van der Waals surface area contributed by atoms with Gasteiger partial charge in [-0.3, -0.25) is 19.2 Å². The number of carboxylic acid groups (broad SMARTS) is 1. The van der Waals surface area contributed by atoms with Crippen LogP contribution in [-0.4, -0.2) is 82.4 Å². The fourth-order valence-electron chi connectivity index (χ4n) is 1.99. The van der Waals surface area contributed by atoms with Gasteiger partial charge in [-0.15, -0.1) is 0 Å². The molecule has 0 aromatic carbocycles. The lowest BCUT2D eigenvalue weighted by Gasteiger charge is -2.23. The van der Waals surface area contributed by atoms with Crippen LogP contribution in [0.3, 0.4) is 0 Å². The van der Waals surface area contributed by atoms with Crippen LogP contribution in [0.5, 0.6) is 0 Å². The SMILES string of the molecule is CSCCC(N)C(=O)NC(CC(N)=O)C(=O)NC(CS)C(=O)NC(CS)C(=O)O. The van der Waals surface area contributed by atoms with Crippen LogP contribution in [0.15, 0.2) is 0 Å². The monoisotopic (exact) mass is 469 g/mol. The summed E-state index contributed by atoms with van der Waals surface area (Å²) in [7, 11) is 0.